The molecule has 1 fully saturated rings. The van der Waals surface area contributed by atoms with Crippen molar-refractivity contribution < 1.29 is 4.74 Å². The first kappa shape index (κ1) is 12.8. The van der Waals surface area contributed by atoms with Crippen LogP contribution in [-0.2, 0) is 0 Å². The standard InChI is InChI=1S/C16H19NOS/c1-11-9-17-16(19-10-11)15-13-6-4-3-5-12(13)7-8-14(15)18-2/h3-8,11,16-17H,9-10H2,1-2H3. The molecule has 0 saturated carbocycles. The highest BCUT2D eigenvalue weighted by Gasteiger charge is 2.24. The van der Waals surface area contributed by atoms with Crippen molar-refractivity contribution in [2.45, 2.75) is 12.3 Å². The molecular weight excluding hydrogens is 254 g/mol. The van der Waals surface area contributed by atoms with Gasteiger partial charge in [0.1, 0.15) is 5.75 Å². The van der Waals surface area contributed by atoms with Crippen LogP contribution in [0, 0.1) is 5.92 Å². The fourth-order valence-corrected chi connectivity index (χ4v) is 3.86. The van der Waals surface area contributed by atoms with Crippen molar-refractivity contribution in [3.05, 3.63) is 42.0 Å². The number of ether oxygens (including phenoxy) is 1. The van der Waals surface area contributed by atoms with Crippen molar-refractivity contribution in [2.24, 2.45) is 5.92 Å². The summed E-state index contributed by atoms with van der Waals surface area (Å²) in [6.07, 6.45) is 0. The lowest BCUT2D eigenvalue weighted by Gasteiger charge is -2.29. The average molecular weight is 273 g/mol. The molecule has 3 heteroatoms. The number of thioether (sulfide) groups is 1. The Hall–Kier alpha value is -1.19. The van der Waals surface area contributed by atoms with Crippen molar-refractivity contribution >= 4 is 22.5 Å². The van der Waals surface area contributed by atoms with Crippen molar-refractivity contribution in [2.75, 3.05) is 19.4 Å². The van der Waals surface area contributed by atoms with E-state index in [0.29, 0.717) is 5.37 Å². The zero-order valence-corrected chi connectivity index (χ0v) is 12.2. The van der Waals surface area contributed by atoms with Crippen molar-refractivity contribution in [3.63, 3.8) is 0 Å². The lowest BCUT2D eigenvalue weighted by Crippen LogP contribution is -2.31. The number of nitrogens with one attached hydrogen (secondary N) is 1. The summed E-state index contributed by atoms with van der Waals surface area (Å²) in [6.45, 7) is 3.36. The summed E-state index contributed by atoms with van der Waals surface area (Å²) in [4.78, 5) is 0. The van der Waals surface area contributed by atoms with Crippen LogP contribution in [0.1, 0.15) is 17.9 Å². The van der Waals surface area contributed by atoms with Gasteiger partial charge >= 0.3 is 0 Å². The summed E-state index contributed by atoms with van der Waals surface area (Å²) in [6, 6.07) is 12.7. The first-order chi connectivity index (χ1) is 9.29. The summed E-state index contributed by atoms with van der Waals surface area (Å²) < 4.78 is 5.58. The molecule has 2 unspecified atom stereocenters. The molecule has 0 aliphatic carbocycles. The Morgan fingerprint density at radius 3 is 2.79 bits per heavy atom. The van der Waals surface area contributed by atoms with E-state index in [1.54, 1.807) is 7.11 Å². The van der Waals surface area contributed by atoms with Crippen molar-refractivity contribution in [3.8, 4) is 5.75 Å². The maximum Gasteiger partial charge on any atom is 0.125 e. The van der Waals surface area contributed by atoms with Crippen LogP contribution in [0.15, 0.2) is 36.4 Å². The molecule has 100 valence electrons. The molecule has 2 aromatic rings. The molecule has 0 amide bonds. The van der Waals surface area contributed by atoms with Gasteiger partial charge in [0.05, 0.1) is 12.5 Å². The van der Waals surface area contributed by atoms with Crippen LogP contribution in [0.5, 0.6) is 5.75 Å². The second-order valence-corrected chi connectivity index (χ2v) is 6.27. The summed E-state index contributed by atoms with van der Waals surface area (Å²) in [7, 11) is 1.75. The molecule has 3 rings (SSSR count). The minimum absolute atomic E-state index is 0.331. The van der Waals surface area contributed by atoms with Gasteiger partial charge in [-0.05, 0) is 35.1 Å². The van der Waals surface area contributed by atoms with Gasteiger partial charge in [0, 0.05) is 5.56 Å². The number of fused-ring (bicyclic) bond motifs is 1. The molecule has 2 aromatic carbocycles. The Balaban J connectivity index is 2.09. The van der Waals surface area contributed by atoms with Crippen LogP contribution in [-0.4, -0.2) is 19.4 Å². The van der Waals surface area contributed by atoms with Gasteiger partial charge in [-0.15, -0.1) is 11.8 Å². The summed E-state index contributed by atoms with van der Waals surface area (Å²) >= 11 is 1.98. The Labute approximate surface area is 118 Å². The zero-order valence-electron chi connectivity index (χ0n) is 11.3. The third-order valence-electron chi connectivity index (χ3n) is 3.61. The Bertz CT molecular complexity index is 576. The van der Waals surface area contributed by atoms with Gasteiger partial charge in [-0.2, -0.15) is 0 Å². The number of rotatable bonds is 2. The molecule has 1 heterocycles. The molecule has 2 atom stereocenters. The van der Waals surface area contributed by atoms with Gasteiger partial charge in [-0.1, -0.05) is 37.3 Å². The predicted molar refractivity (Wildman–Crippen MR) is 82.9 cm³/mol. The van der Waals surface area contributed by atoms with Gasteiger partial charge in [-0.25, -0.2) is 0 Å². The van der Waals surface area contributed by atoms with Crippen LogP contribution < -0.4 is 10.1 Å². The number of methoxy groups -OCH3 is 1. The second kappa shape index (κ2) is 5.43. The van der Waals surface area contributed by atoms with E-state index in [-0.39, 0.29) is 0 Å². The molecule has 19 heavy (non-hydrogen) atoms. The van der Waals surface area contributed by atoms with Gasteiger partial charge in [0.2, 0.25) is 0 Å². The number of hydrogen-bond acceptors (Lipinski definition) is 3. The Kier molecular flexibility index (Phi) is 3.67. The number of hydrogen-bond donors (Lipinski definition) is 1. The molecule has 0 spiro atoms. The monoisotopic (exact) mass is 273 g/mol. The fourth-order valence-electron chi connectivity index (χ4n) is 2.60. The zero-order chi connectivity index (χ0) is 13.2. The first-order valence-corrected chi connectivity index (χ1v) is 7.75. The van der Waals surface area contributed by atoms with Crippen molar-refractivity contribution in [1.82, 2.24) is 5.32 Å². The molecule has 1 aliphatic heterocycles. The third-order valence-corrected chi connectivity index (χ3v) is 5.11. The lowest BCUT2D eigenvalue weighted by molar-refractivity contribution is 0.406. The first-order valence-electron chi connectivity index (χ1n) is 6.70. The molecule has 2 nitrogen and oxygen atoms in total. The van der Waals surface area contributed by atoms with Gasteiger partial charge in [0.25, 0.3) is 0 Å². The Morgan fingerprint density at radius 1 is 1.21 bits per heavy atom. The fraction of sp³-hybridized carbons (Fsp3) is 0.375. The lowest BCUT2D eigenvalue weighted by atomic mass is 10.0. The third kappa shape index (κ3) is 2.45. The minimum Gasteiger partial charge on any atom is -0.496 e. The van der Waals surface area contributed by atoms with E-state index in [9.17, 15) is 0 Å². The average Bonchev–Trinajstić information content (AvgIpc) is 2.47. The van der Waals surface area contributed by atoms with Crippen LogP contribution in [0.2, 0.25) is 0 Å². The van der Waals surface area contributed by atoms with E-state index in [1.165, 1.54) is 22.1 Å². The van der Waals surface area contributed by atoms with Crippen molar-refractivity contribution in [1.29, 1.82) is 0 Å². The highest BCUT2D eigenvalue weighted by Crippen LogP contribution is 2.40. The molecule has 0 aromatic heterocycles. The van der Waals surface area contributed by atoms with E-state index in [2.05, 4.69) is 48.6 Å². The van der Waals surface area contributed by atoms with Crippen LogP contribution in [0.25, 0.3) is 10.8 Å². The summed E-state index contributed by atoms with van der Waals surface area (Å²) in [5, 5.41) is 6.54. The van der Waals surface area contributed by atoms with Gasteiger partial charge in [0.15, 0.2) is 0 Å². The maximum atomic E-state index is 5.58. The summed E-state index contributed by atoms with van der Waals surface area (Å²) in [5.41, 5.74) is 1.29. The van der Waals surface area contributed by atoms with E-state index in [1.807, 2.05) is 11.8 Å². The SMILES string of the molecule is COc1ccc2ccccc2c1C1NCC(C)CS1. The molecule has 1 aliphatic rings. The van der Waals surface area contributed by atoms with Crippen LogP contribution >= 0.6 is 11.8 Å². The van der Waals surface area contributed by atoms with Crippen LogP contribution in [0.4, 0.5) is 0 Å². The van der Waals surface area contributed by atoms with E-state index >= 15 is 0 Å². The van der Waals surface area contributed by atoms with E-state index in [0.717, 1.165) is 18.2 Å². The second-order valence-electron chi connectivity index (χ2n) is 5.13. The van der Waals surface area contributed by atoms with Crippen LogP contribution in [0.3, 0.4) is 0 Å². The topological polar surface area (TPSA) is 21.3 Å². The van der Waals surface area contributed by atoms with E-state index in [4.69, 9.17) is 4.74 Å². The minimum atomic E-state index is 0.331. The van der Waals surface area contributed by atoms with Gasteiger partial charge < -0.3 is 10.1 Å². The highest BCUT2D eigenvalue weighted by molar-refractivity contribution is 7.99. The van der Waals surface area contributed by atoms with E-state index < -0.39 is 0 Å². The highest BCUT2D eigenvalue weighted by atomic mass is 32.2. The molecule has 0 radical (unpaired) electrons. The van der Waals surface area contributed by atoms with Gasteiger partial charge in [-0.3, -0.25) is 0 Å². The molecule has 0 bridgehead atoms. The molecule has 1 saturated heterocycles. The summed E-state index contributed by atoms with van der Waals surface area (Å²) in [5.74, 6) is 2.92. The maximum absolute atomic E-state index is 5.58. The Morgan fingerprint density at radius 2 is 2.05 bits per heavy atom. The molecule has 1 N–H and O–H groups in total. The largest absolute Gasteiger partial charge is 0.496 e. The molecular formula is C16H19NOS. The number of benzene rings is 2. The smallest absolute Gasteiger partial charge is 0.125 e. The quantitative estimate of drug-likeness (QED) is 0.899. The predicted octanol–water partition coefficient (Wildman–Crippen LogP) is 3.82. The normalized spacial score (nSPS) is 23.5.